The van der Waals surface area contributed by atoms with Crippen LogP contribution in [0.3, 0.4) is 0 Å². The molecule has 0 spiro atoms. The van der Waals surface area contributed by atoms with Crippen LogP contribution in [0, 0.1) is 35.5 Å². The highest BCUT2D eigenvalue weighted by Crippen LogP contribution is 2.33. The van der Waals surface area contributed by atoms with Gasteiger partial charge in [0.15, 0.2) is 5.82 Å². The maximum absolute atomic E-state index is 4.57. The summed E-state index contributed by atoms with van der Waals surface area (Å²) in [5.74, 6) is 5.79. The highest BCUT2D eigenvalue weighted by atomic mass is 32.1. The average molecular weight is 1460 g/mol. The SMILES string of the molecule is CC(C)C1=Nc2ccccc2C1.CC(C)C1=Nc2ccccc2C1.CC(C)C1=Nc2ccncc2C1.CC(C)C1=Nc2cnccc2C1.CC(C)C1=Nc2cnccc2C1.CC(C)C1=Nc2ncccc2C1.CC(C)c1cn2ccccc2n1.CC(C)c1cn2ccccc2n1.CC(C)c1nc2cccnc2s1. The Kier molecular flexibility index (Phi) is 28.4. The fourth-order valence-corrected chi connectivity index (χ4v) is 12.9. The van der Waals surface area contributed by atoms with Gasteiger partial charge < -0.3 is 8.80 Å². The second-order valence-corrected chi connectivity index (χ2v) is 31.5. The zero-order chi connectivity index (χ0) is 77.0. The number of nitrogens with zero attached hydrogens (tertiary/aromatic N) is 16. The minimum absolute atomic E-state index is 0.504. The van der Waals surface area contributed by atoms with E-state index in [1.54, 1.807) is 23.7 Å². The van der Waals surface area contributed by atoms with Crippen molar-refractivity contribution in [3.8, 4) is 0 Å². The van der Waals surface area contributed by atoms with Crippen molar-refractivity contribution < 1.29 is 0 Å². The Morgan fingerprint density at radius 2 is 0.667 bits per heavy atom. The Morgan fingerprint density at radius 1 is 0.296 bits per heavy atom. The second-order valence-electron chi connectivity index (χ2n) is 30.5. The molecule has 0 amide bonds. The van der Waals surface area contributed by atoms with E-state index in [0.717, 1.165) is 94.4 Å². The van der Waals surface area contributed by atoms with Crippen molar-refractivity contribution in [2.24, 2.45) is 65.5 Å². The van der Waals surface area contributed by atoms with E-state index in [4.69, 9.17) is 0 Å². The molecule has 10 aromatic heterocycles. The van der Waals surface area contributed by atoms with Crippen LogP contribution < -0.4 is 0 Å². The van der Waals surface area contributed by atoms with Gasteiger partial charge in [0, 0.05) is 152 Å². The van der Waals surface area contributed by atoms with E-state index in [1.165, 1.54) is 84.0 Å². The third kappa shape index (κ3) is 22.1. The minimum atomic E-state index is 0.504. The van der Waals surface area contributed by atoms with Crippen LogP contribution in [-0.4, -0.2) is 82.9 Å². The number of hydrogen-bond donors (Lipinski definition) is 0. The predicted molar refractivity (Wildman–Crippen MR) is 454 cm³/mol. The van der Waals surface area contributed by atoms with E-state index in [-0.39, 0.29) is 0 Å². The van der Waals surface area contributed by atoms with Crippen molar-refractivity contribution in [2.45, 2.75) is 181 Å². The molecule has 2 aromatic carbocycles. The maximum Gasteiger partial charge on any atom is 0.155 e. The molecule has 0 aliphatic carbocycles. The molecule has 17 heteroatoms. The summed E-state index contributed by atoms with van der Waals surface area (Å²) in [6.07, 6.45) is 29.0. The number of aliphatic imine (C=N–C) groups is 6. The fraction of sp³-hybridized carbons (Fsp3) is 0.363. The monoisotopic (exact) mass is 1460 g/mol. The first-order valence-electron chi connectivity index (χ1n) is 38.4. The lowest BCUT2D eigenvalue weighted by Gasteiger charge is -2.01. The third-order valence-corrected chi connectivity index (χ3v) is 20.2. The topological polar surface area (TPSA) is 186 Å². The minimum Gasteiger partial charge on any atom is -0.307 e. The molecule has 0 radical (unpaired) electrons. The van der Waals surface area contributed by atoms with Gasteiger partial charge in [-0.3, -0.25) is 39.9 Å². The smallest absolute Gasteiger partial charge is 0.155 e. The number of fused-ring (bicyclic) bond motifs is 9. The Morgan fingerprint density at radius 3 is 1.07 bits per heavy atom. The summed E-state index contributed by atoms with van der Waals surface area (Å²) >= 11 is 1.68. The average Bonchev–Trinajstić information content (AvgIpc) is 1.77. The van der Waals surface area contributed by atoms with Crippen LogP contribution in [0.25, 0.3) is 21.6 Å². The number of thiazole rings is 1. The molecule has 16 nitrogen and oxygen atoms in total. The highest BCUT2D eigenvalue weighted by Gasteiger charge is 2.22. The van der Waals surface area contributed by atoms with Crippen molar-refractivity contribution in [1.29, 1.82) is 0 Å². The maximum atomic E-state index is 4.57. The summed E-state index contributed by atoms with van der Waals surface area (Å²) in [6, 6.07) is 42.9. The van der Waals surface area contributed by atoms with Gasteiger partial charge in [0.25, 0.3) is 0 Å². The van der Waals surface area contributed by atoms with Gasteiger partial charge in [0.1, 0.15) is 21.6 Å². The van der Waals surface area contributed by atoms with E-state index in [2.05, 4.69) is 258 Å². The number of benzene rings is 2. The quantitative estimate of drug-likeness (QED) is 0.137. The molecule has 0 saturated heterocycles. The number of hydrogen-bond acceptors (Lipinski definition) is 15. The molecule has 108 heavy (non-hydrogen) atoms. The number of imidazole rings is 2. The van der Waals surface area contributed by atoms with Crippen molar-refractivity contribution >= 4 is 102 Å². The number of pyridine rings is 7. The largest absolute Gasteiger partial charge is 0.307 e. The molecule has 0 fully saturated rings. The van der Waals surface area contributed by atoms with Crippen LogP contribution >= 0.6 is 11.3 Å². The molecule has 12 aromatic rings. The van der Waals surface area contributed by atoms with Gasteiger partial charge in [-0.1, -0.05) is 191 Å². The number of aromatic nitrogens is 10. The normalized spacial score (nSPS) is 13.6. The first-order valence-corrected chi connectivity index (χ1v) is 39.2. The molecule has 0 unspecified atom stereocenters. The first-order chi connectivity index (χ1) is 51.9. The molecule has 18 rings (SSSR count). The first kappa shape index (κ1) is 80.0. The molecular weight excluding hydrogens is 1350 g/mol. The third-order valence-electron chi connectivity index (χ3n) is 18.9. The summed E-state index contributed by atoms with van der Waals surface area (Å²) in [6.45, 7) is 39.1. The van der Waals surface area contributed by atoms with Crippen LogP contribution in [0.15, 0.2) is 232 Å². The van der Waals surface area contributed by atoms with Crippen molar-refractivity contribution in [1.82, 2.24) is 48.7 Å². The molecule has 6 aliphatic rings. The zero-order valence-electron chi connectivity index (χ0n) is 66.6. The lowest BCUT2D eigenvalue weighted by Crippen LogP contribution is -2.06. The Bertz CT molecular complexity index is 4340. The fourth-order valence-electron chi connectivity index (χ4n) is 12.0. The summed E-state index contributed by atoms with van der Waals surface area (Å²) in [5, 5.41) is 1.17. The van der Waals surface area contributed by atoms with Crippen molar-refractivity contribution in [2.75, 3.05) is 0 Å². The lowest BCUT2D eigenvalue weighted by atomic mass is 10.0. The van der Waals surface area contributed by atoms with Crippen LogP contribution in [-0.2, 0) is 38.5 Å². The second kappa shape index (κ2) is 38.3. The summed E-state index contributed by atoms with van der Waals surface area (Å²) in [5.41, 5.74) is 26.6. The van der Waals surface area contributed by atoms with Gasteiger partial charge in [-0.25, -0.2) is 29.9 Å². The van der Waals surface area contributed by atoms with Crippen LogP contribution in [0.2, 0.25) is 0 Å². The Labute approximate surface area is 644 Å². The molecule has 0 bridgehead atoms. The molecule has 6 aliphatic heterocycles. The Balaban J connectivity index is 0.000000130. The molecule has 16 heterocycles. The lowest BCUT2D eigenvalue weighted by molar-refractivity contribution is 0.834. The van der Waals surface area contributed by atoms with E-state index < -0.39 is 0 Å². The van der Waals surface area contributed by atoms with Crippen LogP contribution in [0.1, 0.15) is 192 Å². The van der Waals surface area contributed by atoms with Crippen LogP contribution in [0.5, 0.6) is 0 Å². The molecule has 0 N–H and O–H groups in total. The van der Waals surface area contributed by atoms with E-state index >= 15 is 0 Å². The van der Waals surface area contributed by atoms with E-state index in [0.29, 0.717) is 53.3 Å². The van der Waals surface area contributed by atoms with Gasteiger partial charge in [-0.2, -0.15) is 0 Å². The Hall–Kier alpha value is -10.5. The molecular formula is C91H108N16S. The van der Waals surface area contributed by atoms with Gasteiger partial charge >= 0.3 is 0 Å². The van der Waals surface area contributed by atoms with Gasteiger partial charge in [-0.15, -0.1) is 0 Å². The summed E-state index contributed by atoms with van der Waals surface area (Å²) < 4.78 is 4.10. The van der Waals surface area contributed by atoms with Gasteiger partial charge in [0.2, 0.25) is 0 Å². The van der Waals surface area contributed by atoms with Crippen LogP contribution in [0.4, 0.5) is 34.3 Å². The predicted octanol–water partition coefficient (Wildman–Crippen LogP) is 23.1. The highest BCUT2D eigenvalue weighted by molar-refractivity contribution is 7.18. The summed E-state index contributed by atoms with van der Waals surface area (Å²) in [4.78, 5) is 62.2. The van der Waals surface area contributed by atoms with E-state index in [9.17, 15) is 0 Å². The van der Waals surface area contributed by atoms with Gasteiger partial charge in [-0.05, 0) is 142 Å². The molecule has 558 valence electrons. The summed E-state index contributed by atoms with van der Waals surface area (Å²) in [7, 11) is 0. The van der Waals surface area contributed by atoms with E-state index in [1.807, 2.05) is 135 Å². The standard InChI is InChI=1S/2C11H13N.6C10H12N2.C9H10N2S/c2*1-8(2)11-7-9-5-3-4-6-10(9)12-11;1-7(2)10-5-8-6-11-4-3-9(8)12-10;2*1-7(2)9-5-8-3-4-11-6-10(8)12-9;1-7(2)9-6-8-4-3-5-11-10(8)12-9;2*1-8(2)9-7-12-6-4-3-5-10(12)11-9;1-6(2)8-11-7-4-3-5-10-9(7)12-8/h2*3-6,8H,7H2,1-2H3;3*3-4,6-7H,5H2,1-2H3;3-5,7H,6H2,1-2H3;2*3-8H,1-2H3;3-6H,1-2H3. The van der Waals surface area contributed by atoms with Crippen molar-refractivity contribution in [3.05, 3.63) is 252 Å². The molecule has 0 saturated carbocycles. The zero-order valence-corrected chi connectivity index (χ0v) is 67.4. The van der Waals surface area contributed by atoms with Gasteiger partial charge in [0.05, 0.1) is 57.2 Å². The molecule has 0 atom stereocenters. The number of para-hydroxylation sites is 2. The van der Waals surface area contributed by atoms with Crippen molar-refractivity contribution in [3.63, 3.8) is 0 Å². The number of rotatable bonds is 9.